The van der Waals surface area contributed by atoms with E-state index in [1.165, 1.54) is 33.0 Å². The number of hydrogen-bond acceptors (Lipinski definition) is 26. The number of phenols is 3. The zero-order valence-electron chi connectivity index (χ0n) is 60.8. The second-order valence-electron chi connectivity index (χ2n) is 28.8. The van der Waals surface area contributed by atoms with E-state index in [4.69, 9.17) is 62.1 Å². The molecule has 7 aliphatic heterocycles. The number of halogens is 2. The van der Waals surface area contributed by atoms with E-state index in [1.807, 2.05) is 19.9 Å². The number of allylic oxidation sites excluding steroid dienone is 1. The highest BCUT2D eigenvalue weighted by Gasteiger charge is 2.53. The third kappa shape index (κ3) is 18.3. The largest absolute Gasteiger partial charge is 0.508 e. The molecule has 0 spiro atoms. The highest BCUT2D eigenvalue weighted by molar-refractivity contribution is 6.32. The van der Waals surface area contributed by atoms with Gasteiger partial charge in [0, 0.05) is 29.2 Å². The van der Waals surface area contributed by atoms with Gasteiger partial charge in [-0.1, -0.05) is 67.7 Å². The molecule has 0 radical (unpaired) electrons. The van der Waals surface area contributed by atoms with Gasteiger partial charge in [0.1, 0.15) is 102 Å². The lowest BCUT2D eigenvalue weighted by molar-refractivity contribution is -0.334. The molecule has 11 bridgehead atoms. The van der Waals surface area contributed by atoms with Crippen molar-refractivity contribution in [2.24, 2.45) is 11.7 Å². The zero-order chi connectivity index (χ0) is 81.1. The van der Waals surface area contributed by atoms with Crippen molar-refractivity contribution in [2.45, 2.75) is 194 Å². The minimum absolute atomic E-state index is 0.112. The molecule has 19 atom stereocenters. The molecular weight excluding hydrogens is 1510 g/mol. The molecule has 0 saturated carbocycles. The summed E-state index contributed by atoms with van der Waals surface area (Å²) in [4.78, 5) is 131. The number of primary amides is 1. The number of likely N-dealkylation sites (N-methyl/N-ethyl adjacent to an activating group) is 1. The number of carboxylic acids is 1. The smallest absolute Gasteiger partial charge is 0.408 e. The second-order valence-corrected chi connectivity index (χ2v) is 29.6. The fourth-order valence-electron chi connectivity index (χ4n) is 14.2. The highest BCUT2D eigenvalue weighted by Crippen LogP contribution is 2.50. The number of alkyl carbamates (subject to hydrolysis) is 1. The Morgan fingerprint density at radius 2 is 1.36 bits per heavy atom. The van der Waals surface area contributed by atoms with Crippen molar-refractivity contribution in [3.63, 3.8) is 0 Å². The third-order valence-electron chi connectivity index (χ3n) is 20.1. The van der Waals surface area contributed by atoms with Gasteiger partial charge < -0.3 is 132 Å². The number of carboxylic acid groups (broad SMARTS) is 1. The summed E-state index contributed by atoms with van der Waals surface area (Å²) >= 11 is 14.2. The molecule has 20 N–H and O–H groups in total. The van der Waals surface area contributed by atoms with Crippen LogP contribution >= 0.6 is 23.2 Å². The van der Waals surface area contributed by atoms with E-state index in [9.17, 15) is 79.8 Å². The first-order chi connectivity index (χ1) is 53.1. The molecule has 112 heavy (non-hydrogen) atoms. The molecular formula is C75H87Cl2N9O26. The average Bonchev–Trinajstić information content (AvgIpc) is 0.842. The minimum Gasteiger partial charge on any atom is -0.508 e. The molecule has 2 fully saturated rings. The molecule has 13 rings (SSSR count). The average molecular weight is 1600 g/mol. The van der Waals surface area contributed by atoms with Crippen LogP contribution in [0.2, 0.25) is 10.0 Å². The maximum Gasteiger partial charge on any atom is 0.408 e. The van der Waals surface area contributed by atoms with Crippen LogP contribution in [0.1, 0.15) is 137 Å². The van der Waals surface area contributed by atoms with Gasteiger partial charge in [-0.2, -0.15) is 0 Å². The molecule has 5 aromatic rings. The van der Waals surface area contributed by atoms with Gasteiger partial charge in [0.15, 0.2) is 29.9 Å². The molecule has 1 aliphatic carbocycles. The van der Waals surface area contributed by atoms with Crippen LogP contribution in [0.15, 0.2) is 91.0 Å². The van der Waals surface area contributed by atoms with Crippen LogP contribution in [0.3, 0.4) is 0 Å². The predicted molar refractivity (Wildman–Crippen MR) is 391 cm³/mol. The molecule has 5 aromatic carbocycles. The van der Waals surface area contributed by atoms with Crippen LogP contribution in [0.5, 0.6) is 46.0 Å². The van der Waals surface area contributed by atoms with Gasteiger partial charge in [-0.3, -0.25) is 33.6 Å². The number of carbonyl (C=O) groups excluding carboxylic acids is 8. The topological polar surface area (TPSA) is 543 Å². The quantitative estimate of drug-likeness (QED) is 0.0670. The SMILES string of the molecule is CN[C@H](CC(C)C)C(=O)N[C@H]1C(=O)N[C@@H](CC(N)=O)C(=O)N[C@H]2C(=O)N[C@H]3C(=O)N[C@H](C(=O)N[C@H](C(=O)O)c4cc(O)cc(O)c4-c4cc3ccc4O)[C@H](O)c3ccc(c(Cl)c3)Oc3cc2cc(c3OC2O[C@H](CO)[C@@H](O)[C@H](O)[C@H]2O[C@H]2C[C@](C)(NC(=O)OC3/C=C/CCCCC3)[C@H](O)[C@H](C)O2)Oc2ccc(cc2Cl)[C@H]1O. The fraction of sp³-hybridized carbons (Fsp3) is 0.453. The Labute approximate surface area is 649 Å². The van der Waals surface area contributed by atoms with E-state index in [2.05, 4.69) is 42.5 Å². The standard InChI is InChI=1S/C75H87Cl2N9O26/c1-30(2)19-42(79-5)66(97)84-57-59(92)33-14-17-46(40(76)21-33)108-48-23-35-24-49(63(48)112-73-64(62(95)61(94)50(29-87)110-73)111-52-28-75(4,65(96)31(3)106-52)86-74(105)107-37-11-9-7-6-8-10-12-37)109-47-18-15-34(22-41(47)77)60(93)58-71(102)83-56(72(103)104)39-25-36(88)26-45(90)53(39)38-20-32(13-16-44(38)89)54(68(99)85-58)82-69(100)55(35)81-67(98)43(27-51(78)91)80-70(57)101/h9,11,13-18,20-26,30-31,37,42-43,50,52,54-62,64-65,73,79,87-90,92-96H,6-8,10,12,19,27-29H2,1-5H3,(H2,78,91)(H,80,101)(H,81,98)(H,82,100)(H,83,102)(H,84,97)(H,85,99)(H,86,105)(H,103,104)/b11-9+/t31-,37?,42+,43-,50+,52-,54+,55+,56-,57+,58-,59+,60+,61+,62-,64+,65+,73?,75-/m0/s1. The van der Waals surface area contributed by atoms with Crippen LogP contribution in [0.4, 0.5) is 4.79 Å². The number of rotatable bonds is 15. The van der Waals surface area contributed by atoms with Crippen LogP contribution in [-0.2, 0) is 57.3 Å². The van der Waals surface area contributed by atoms with E-state index in [0.29, 0.717) is 6.42 Å². The number of benzene rings is 5. The number of aliphatic hydroxyl groups is 6. The van der Waals surface area contributed by atoms with Gasteiger partial charge in [0.25, 0.3) is 0 Å². The normalized spacial score (nSPS) is 29.4. The van der Waals surface area contributed by atoms with Gasteiger partial charge in [-0.25, -0.2) is 9.59 Å². The number of nitrogens with two attached hydrogens (primary N) is 1. The summed E-state index contributed by atoms with van der Waals surface area (Å²) in [5, 5.41) is 135. The van der Waals surface area contributed by atoms with E-state index >= 15 is 14.4 Å². The maximum atomic E-state index is 16.2. The summed E-state index contributed by atoms with van der Waals surface area (Å²) in [6.45, 7) is 5.56. The van der Waals surface area contributed by atoms with Gasteiger partial charge in [0.05, 0.1) is 40.8 Å². The molecule has 35 nitrogen and oxygen atoms in total. The number of carbonyl (C=O) groups is 9. The van der Waals surface area contributed by atoms with Gasteiger partial charge in [-0.05, 0) is 142 Å². The van der Waals surface area contributed by atoms with E-state index in [1.54, 1.807) is 6.08 Å². The summed E-state index contributed by atoms with van der Waals surface area (Å²) in [6, 6.07) is -0.928. The van der Waals surface area contributed by atoms with Crippen LogP contribution < -0.4 is 62.5 Å². The molecule has 2 saturated heterocycles. The first-order valence-electron chi connectivity index (χ1n) is 36.0. The highest BCUT2D eigenvalue weighted by atomic mass is 35.5. The van der Waals surface area contributed by atoms with E-state index in [-0.39, 0.29) is 39.8 Å². The monoisotopic (exact) mass is 1600 g/mol. The van der Waals surface area contributed by atoms with Crippen molar-refractivity contribution < 1.29 is 127 Å². The van der Waals surface area contributed by atoms with Crippen LogP contribution in [0.25, 0.3) is 11.1 Å². The fourth-order valence-corrected chi connectivity index (χ4v) is 14.7. The Balaban J connectivity index is 1.12. The number of phenolic OH excluding ortho intramolecular Hbond substituents is 3. The van der Waals surface area contributed by atoms with Crippen molar-refractivity contribution in [3.8, 4) is 57.1 Å². The number of amides is 8. The number of aliphatic hydroxyl groups excluding tert-OH is 6. The summed E-state index contributed by atoms with van der Waals surface area (Å²) in [6.07, 6.45) is -13.6. The Morgan fingerprint density at radius 1 is 0.714 bits per heavy atom. The lowest BCUT2D eigenvalue weighted by Crippen LogP contribution is -2.66. The lowest BCUT2D eigenvalue weighted by atomic mass is 9.85. The molecule has 8 amide bonds. The lowest BCUT2D eigenvalue weighted by Gasteiger charge is -2.48. The third-order valence-corrected chi connectivity index (χ3v) is 20.7. The molecule has 8 aliphatic rings. The molecule has 7 heterocycles. The number of hydrogen-bond donors (Lipinski definition) is 19. The van der Waals surface area contributed by atoms with Crippen LogP contribution in [0, 0.1) is 5.92 Å². The number of nitrogens with one attached hydrogen (secondary N) is 8. The van der Waals surface area contributed by atoms with Crippen molar-refractivity contribution in [1.29, 1.82) is 0 Å². The van der Waals surface area contributed by atoms with E-state index < -0.39 is 256 Å². The summed E-state index contributed by atoms with van der Waals surface area (Å²) in [5.41, 5.74) is 1.21. The summed E-state index contributed by atoms with van der Waals surface area (Å²) in [5.74, 6) is -16.3. The molecule has 37 heteroatoms. The molecule has 602 valence electrons. The Bertz CT molecular complexity index is 4480. The maximum absolute atomic E-state index is 16.2. The van der Waals surface area contributed by atoms with Gasteiger partial charge in [0.2, 0.25) is 53.4 Å². The summed E-state index contributed by atoms with van der Waals surface area (Å²) < 4.78 is 44.8. The van der Waals surface area contributed by atoms with Crippen molar-refractivity contribution in [3.05, 3.63) is 129 Å². The number of fused-ring (bicyclic) bond motifs is 15. The van der Waals surface area contributed by atoms with Gasteiger partial charge in [-0.15, -0.1) is 0 Å². The number of ether oxygens (including phenoxy) is 7. The zero-order valence-corrected chi connectivity index (χ0v) is 62.3. The first kappa shape index (κ1) is 82.8. The molecule has 0 aromatic heterocycles. The van der Waals surface area contributed by atoms with Crippen LogP contribution in [-0.4, -0.2) is 203 Å². The van der Waals surface area contributed by atoms with Crippen molar-refractivity contribution in [1.82, 2.24) is 42.5 Å². The minimum atomic E-state index is -2.38. The summed E-state index contributed by atoms with van der Waals surface area (Å²) in [7, 11) is 1.47. The Hall–Kier alpha value is -10.1. The first-order valence-corrected chi connectivity index (χ1v) is 36.7. The number of aliphatic carboxylic acids is 1. The predicted octanol–water partition coefficient (Wildman–Crippen LogP) is 2.76. The van der Waals surface area contributed by atoms with Gasteiger partial charge >= 0.3 is 12.1 Å². The Morgan fingerprint density at radius 3 is 1.99 bits per heavy atom. The second kappa shape index (κ2) is 34.9. The van der Waals surface area contributed by atoms with E-state index in [0.717, 1.165) is 92.4 Å². The van der Waals surface area contributed by atoms with Crippen molar-refractivity contribution >= 4 is 76.6 Å². The number of aromatic hydroxyl groups is 3. The van der Waals surface area contributed by atoms with Crippen molar-refractivity contribution in [2.75, 3.05) is 13.7 Å². The Kier molecular flexibility index (Phi) is 25.8. The molecule has 2 unspecified atom stereocenters.